The number of rotatable bonds is 4. The van der Waals surface area contributed by atoms with Gasteiger partial charge < -0.3 is 0 Å². The van der Waals surface area contributed by atoms with Gasteiger partial charge >= 0.3 is 6.18 Å². The summed E-state index contributed by atoms with van der Waals surface area (Å²) in [5.41, 5.74) is -0.146. The zero-order chi connectivity index (χ0) is 11.5. The highest BCUT2D eigenvalue weighted by Gasteiger charge is 2.34. The van der Waals surface area contributed by atoms with Gasteiger partial charge in [0.1, 0.15) is 5.69 Å². The number of hydrogen-bond donors (Lipinski definition) is 0. The van der Waals surface area contributed by atoms with Crippen molar-refractivity contribution in [3.8, 4) is 0 Å². The van der Waals surface area contributed by atoms with Crippen LogP contribution < -0.4 is 0 Å². The molecule has 0 fully saturated rings. The van der Waals surface area contributed by atoms with E-state index in [0.29, 0.717) is 12.1 Å². The second-order valence-corrected chi connectivity index (χ2v) is 3.60. The molecule has 86 valence electrons. The maximum atomic E-state index is 12.4. The van der Waals surface area contributed by atoms with Crippen LogP contribution in [0.3, 0.4) is 0 Å². The van der Waals surface area contributed by atoms with Crippen LogP contribution in [-0.2, 0) is 19.6 Å². The summed E-state index contributed by atoms with van der Waals surface area (Å²) < 4.78 is 38.1. The molecule has 0 atom stereocenters. The molecule has 0 N–H and O–H groups in total. The number of unbranched alkanes of at least 4 members (excludes halogenated alkanes) is 2. The smallest absolute Gasteiger partial charge is 0.263 e. The van der Waals surface area contributed by atoms with E-state index in [0.717, 1.165) is 30.0 Å². The lowest BCUT2D eigenvalue weighted by Crippen LogP contribution is -2.11. The molecule has 2 nitrogen and oxygen atoms in total. The molecule has 5 heteroatoms. The van der Waals surface area contributed by atoms with Gasteiger partial charge in [0, 0.05) is 7.05 Å². The highest BCUT2D eigenvalue weighted by molar-refractivity contribution is 5.13. The van der Waals surface area contributed by atoms with E-state index in [1.54, 1.807) is 0 Å². The summed E-state index contributed by atoms with van der Waals surface area (Å²) >= 11 is 0. The van der Waals surface area contributed by atoms with Crippen molar-refractivity contribution in [3.05, 3.63) is 17.5 Å². The third kappa shape index (κ3) is 3.25. The number of aryl methyl sites for hydroxylation is 2. The minimum Gasteiger partial charge on any atom is -0.263 e. The highest BCUT2D eigenvalue weighted by atomic mass is 19.4. The standard InChI is InChI=1S/C10H15F3N2/c1-3-4-5-6-8-7-9(10(11,12)13)15(2)14-8/h7H,3-6H2,1-2H3. The highest BCUT2D eigenvalue weighted by Crippen LogP contribution is 2.29. The fraction of sp³-hybridized carbons (Fsp3) is 0.700. The lowest BCUT2D eigenvalue weighted by atomic mass is 10.1. The average Bonchev–Trinajstić information content (AvgIpc) is 2.47. The van der Waals surface area contributed by atoms with Gasteiger partial charge in [-0.2, -0.15) is 18.3 Å². The summed E-state index contributed by atoms with van der Waals surface area (Å²) in [7, 11) is 1.33. The molecule has 0 aliphatic heterocycles. The molecule has 15 heavy (non-hydrogen) atoms. The SMILES string of the molecule is CCCCCc1cc(C(F)(F)F)n(C)n1. The van der Waals surface area contributed by atoms with Crippen LogP contribution in [0.4, 0.5) is 13.2 Å². The van der Waals surface area contributed by atoms with Crippen molar-refractivity contribution in [1.29, 1.82) is 0 Å². The van der Waals surface area contributed by atoms with Crippen LogP contribution in [0.1, 0.15) is 37.6 Å². The Morgan fingerprint density at radius 1 is 1.33 bits per heavy atom. The topological polar surface area (TPSA) is 17.8 Å². The second-order valence-electron chi connectivity index (χ2n) is 3.60. The predicted molar refractivity (Wildman–Crippen MR) is 51.4 cm³/mol. The summed E-state index contributed by atoms with van der Waals surface area (Å²) in [5.74, 6) is 0. The number of nitrogens with zero attached hydrogens (tertiary/aromatic N) is 2. The molecule has 0 aliphatic carbocycles. The molecular weight excluding hydrogens is 205 g/mol. The Morgan fingerprint density at radius 3 is 2.47 bits per heavy atom. The van der Waals surface area contributed by atoms with Crippen LogP contribution in [0.5, 0.6) is 0 Å². The van der Waals surface area contributed by atoms with Gasteiger partial charge in [0.2, 0.25) is 0 Å². The zero-order valence-electron chi connectivity index (χ0n) is 8.93. The van der Waals surface area contributed by atoms with E-state index >= 15 is 0 Å². The van der Waals surface area contributed by atoms with Gasteiger partial charge in [0.25, 0.3) is 0 Å². The van der Waals surface area contributed by atoms with E-state index in [-0.39, 0.29) is 0 Å². The Kier molecular flexibility index (Phi) is 3.77. The van der Waals surface area contributed by atoms with Crippen LogP contribution in [0, 0.1) is 0 Å². The summed E-state index contributed by atoms with van der Waals surface area (Å²) in [6, 6.07) is 1.13. The molecular formula is C10H15F3N2. The first-order valence-corrected chi connectivity index (χ1v) is 5.05. The summed E-state index contributed by atoms with van der Waals surface area (Å²) in [6.07, 6.45) is -0.704. The first-order chi connectivity index (χ1) is 6.95. The van der Waals surface area contributed by atoms with Gasteiger partial charge in [-0.25, -0.2) is 0 Å². The molecule has 0 radical (unpaired) electrons. The molecule has 0 aliphatic rings. The molecule has 1 aromatic heterocycles. The molecule has 1 heterocycles. The van der Waals surface area contributed by atoms with Crippen molar-refractivity contribution in [1.82, 2.24) is 9.78 Å². The van der Waals surface area contributed by atoms with Gasteiger partial charge in [0.15, 0.2) is 0 Å². The molecule has 0 spiro atoms. The van der Waals surface area contributed by atoms with Gasteiger partial charge in [-0.05, 0) is 18.9 Å². The van der Waals surface area contributed by atoms with Crippen molar-refractivity contribution in [2.75, 3.05) is 0 Å². The lowest BCUT2D eigenvalue weighted by Gasteiger charge is -2.04. The Labute approximate surface area is 87.1 Å². The monoisotopic (exact) mass is 220 g/mol. The van der Waals surface area contributed by atoms with Gasteiger partial charge in [-0.1, -0.05) is 19.8 Å². The van der Waals surface area contributed by atoms with Crippen molar-refractivity contribution in [3.63, 3.8) is 0 Å². The van der Waals surface area contributed by atoms with Gasteiger partial charge in [-0.3, -0.25) is 4.68 Å². The third-order valence-corrected chi connectivity index (χ3v) is 2.26. The summed E-state index contributed by atoms with van der Waals surface area (Å²) in [5, 5.41) is 3.85. The van der Waals surface area contributed by atoms with Crippen molar-refractivity contribution >= 4 is 0 Å². The van der Waals surface area contributed by atoms with Crippen LogP contribution in [0.25, 0.3) is 0 Å². The third-order valence-electron chi connectivity index (χ3n) is 2.26. The largest absolute Gasteiger partial charge is 0.433 e. The molecule has 0 saturated heterocycles. The molecule has 0 amide bonds. The van der Waals surface area contributed by atoms with Crippen LogP contribution in [0.15, 0.2) is 6.07 Å². The Hall–Kier alpha value is -1.00. The normalized spacial score (nSPS) is 12.1. The first-order valence-electron chi connectivity index (χ1n) is 5.05. The van der Waals surface area contributed by atoms with Crippen LogP contribution in [0.2, 0.25) is 0 Å². The van der Waals surface area contributed by atoms with E-state index in [4.69, 9.17) is 0 Å². The number of hydrogen-bond acceptors (Lipinski definition) is 1. The fourth-order valence-electron chi connectivity index (χ4n) is 1.47. The van der Waals surface area contributed by atoms with Gasteiger partial charge in [0.05, 0.1) is 5.69 Å². The first kappa shape index (κ1) is 12.1. The second kappa shape index (κ2) is 4.68. The summed E-state index contributed by atoms with van der Waals surface area (Å²) in [6.45, 7) is 2.06. The van der Waals surface area contributed by atoms with Crippen LogP contribution in [-0.4, -0.2) is 9.78 Å². The van der Waals surface area contributed by atoms with E-state index in [1.165, 1.54) is 7.05 Å². The predicted octanol–water partition coefficient (Wildman–Crippen LogP) is 3.17. The molecule has 1 aromatic rings. The molecule has 0 aromatic carbocycles. The van der Waals surface area contributed by atoms with Crippen LogP contribution >= 0.6 is 0 Å². The van der Waals surface area contributed by atoms with Crippen molar-refractivity contribution < 1.29 is 13.2 Å². The molecule has 0 saturated carbocycles. The number of halogens is 3. The lowest BCUT2D eigenvalue weighted by molar-refractivity contribution is -0.143. The summed E-state index contributed by atoms with van der Waals surface area (Å²) in [4.78, 5) is 0. The Balaban J connectivity index is 2.69. The zero-order valence-corrected chi connectivity index (χ0v) is 8.93. The molecule has 1 rings (SSSR count). The van der Waals surface area contributed by atoms with Crippen molar-refractivity contribution in [2.24, 2.45) is 7.05 Å². The minimum absolute atomic E-state index is 0.526. The van der Waals surface area contributed by atoms with Crippen molar-refractivity contribution in [2.45, 2.75) is 38.8 Å². The van der Waals surface area contributed by atoms with E-state index in [9.17, 15) is 13.2 Å². The minimum atomic E-state index is -4.30. The Morgan fingerprint density at radius 2 is 2.00 bits per heavy atom. The maximum absolute atomic E-state index is 12.4. The maximum Gasteiger partial charge on any atom is 0.433 e. The Bertz CT molecular complexity index is 315. The number of alkyl halides is 3. The van der Waals surface area contributed by atoms with E-state index in [1.807, 2.05) is 0 Å². The van der Waals surface area contributed by atoms with E-state index < -0.39 is 11.9 Å². The van der Waals surface area contributed by atoms with E-state index in [2.05, 4.69) is 12.0 Å². The van der Waals surface area contributed by atoms with Gasteiger partial charge in [-0.15, -0.1) is 0 Å². The quantitative estimate of drug-likeness (QED) is 0.712. The number of aromatic nitrogens is 2. The molecule has 0 unspecified atom stereocenters. The fourth-order valence-corrected chi connectivity index (χ4v) is 1.47. The average molecular weight is 220 g/mol. The molecule has 0 bridgehead atoms.